The van der Waals surface area contributed by atoms with Crippen LogP contribution in [0.1, 0.15) is 24.4 Å². The Morgan fingerprint density at radius 1 is 1.15 bits per heavy atom. The lowest BCUT2D eigenvalue weighted by Gasteiger charge is -2.25. The second-order valence-electron chi connectivity index (χ2n) is 6.28. The third kappa shape index (κ3) is 3.35. The van der Waals surface area contributed by atoms with Crippen LogP contribution >= 0.6 is 11.6 Å². The number of aromatic nitrogens is 3. The van der Waals surface area contributed by atoms with Crippen LogP contribution in [0.15, 0.2) is 54.7 Å². The summed E-state index contributed by atoms with van der Waals surface area (Å²) in [6.45, 7) is 0.905. The Balaban J connectivity index is 1.67. The molecule has 4 rings (SSSR count). The van der Waals surface area contributed by atoms with Crippen LogP contribution < -0.4 is 9.64 Å². The molecule has 1 fully saturated rings. The monoisotopic (exact) mass is 366 g/mol. The molecule has 0 radical (unpaired) electrons. The Labute approximate surface area is 157 Å². The molecule has 0 N–H and O–H groups in total. The predicted octanol–water partition coefficient (Wildman–Crippen LogP) is 4.54. The van der Waals surface area contributed by atoms with E-state index < -0.39 is 0 Å². The molecule has 1 aliphatic heterocycles. The van der Waals surface area contributed by atoms with E-state index in [-0.39, 0.29) is 6.04 Å². The molecule has 2 aromatic carbocycles. The van der Waals surface area contributed by atoms with Crippen LogP contribution in [0.4, 0.5) is 5.95 Å². The lowest BCUT2D eigenvalue weighted by atomic mass is 10.0. The minimum Gasteiger partial charge on any atom is -0.497 e. The minimum atomic E-state index is 0.224. The fourth-order valence-electron chi connectivity index (χ4n) is 3.40. The first-order valence-electron chi connectivity index (χ1n) is 8.61. The molecule has 1 saturated heterocycles. The highest BCUT2D eigenvalue weighted by atomic mass is 35.5. The minimum absolute atomic E-state index is 0.224. The van der Waals surface area contributed by atoms with E-state index in [9.17, 15) is 0 Å². The molecule has 0 bridgehead atoms. The third-order valence-corrected chi connectivity index (χ3v) is 4.89. The molecule has 0 aliphatic carbocycles. The maximum atomic E-state index is 6.11. The maximum absolute atomic E-state index is 6.11. The number of hydrogen-bond donors (Lipinski definition) is 0. The summed E-state index contributed by atoms with van der Waals surface area (Å²) in [5.74, 6) is 1.51. The van der Waals surface area contributed by atoms with Crippen molar-refractivity contribution in [1.82, 2.24) is 15.2 Å². The summed E-state index contributed by atoms with van der Waals surface area (Å²) >= 11 is 6.11. The van der Waals surface area contributed by atoms with Crippen molar-refractivity contribution >= 4 is 17.5 Å². The summed E-state index contributed by atoms with van der Waals surface area (Å²) in [5, 5.41) is 9.14. The average molecular weight is 367 g/mol. The average Bonchev–Trinajstić information content (AvgIpc) is 3.18. The zero-order chi connectivity index (χ0) is 17.9. The molecule has 1 aromatic heterocycles. The normalized spacial score (nSPS) is 16.7. The van der Waals surface area contributed by atoms with Crippen LogP contribution in [-0.2, 0) is 0 Å². The van der Waals surface area contributed by atoms with Gasteiger partial charge in [-0.05, 0) is 42.7 Å². The van der Waals surface area contributed by atoms with Gasteiger partial charge in [-0.25, -0.2) is 4.98 Å². The van der Waals surface area contributed by atoms with E-state index in [0.717, 1.165) is 36.4 Å². The van der Waals surface area contributed by atoms with Gasteiger partial charge in [-0.15, -0.1) is 5.10 Å². The van der Waals surface area contributed by atoms with Crippen molar-refractivity contribution in [2.24, 2.45) is 0 Å². The van der Waals surface area contributed by atoms with E-state index in [2.05, 4.69) is 27.2 Å². The highest BCUT2D eigenvalue weighted by Crippen LogP contribution is 2.36. The fraction of sp³-hybridized carbons (Fsp3) is 0.250. The molecular weight excluding hydrogens is 348 g/mol. The Morgan fingerprint density at radius 2 is 2.04 bits per heavy atom. The van der Waals surface area contributed by atoms with Crippen LogP contribution in [0, 0.1) is 0 Å². The molecule has 0 saturated carbocycles. The van der Waals surface area contributed by atoms with Crippen molar-refractivity contribution in [3.05, 3.63) is 65.3 Å². The van der Waals surface area contributed by atoms with E-state index in [1.165, 1.54) is 5.56 Å². The largest absolute Gasteiger partial charge is 0.497 e. The molecule has 3 aromatic rings. The van der Waals surface area contributed by atoms with Crippen LogP contribution in [0.25, 0.3) is 11.3 Å². The Kier molecular flexibility index (Phi) is 4.71. The van der Waals surface area contributed by atoms with E-state index in [4.69, 9.17) is 21.3 Å². The quantitative estimate of drug-likeness (QED) is 0.678. The Bertz CT molecular complexity index is 918. The van der Waals surface area contributed by atoms with Crippen molar-refractivity contribution in [2.75, 3.05) is 18.6 Å². The van der Waals surface area contributed by atoms with Crippen LogP contribution in [0.2, 0.25) is 5.02 Å². The van der Waals surface area contributed by atoms with Gasteiger partial charge in [-0.3, -0.25) is 0 Å². The first-order valence-corrected chi connectivity index (χ1v) is 8.98. The maximum Gasteiger partial charge on any atom is 0.246 e. The van der Waals surface area contributed by atoms with Crippen molar-refractivity contribution in [1.29, 1.82) is 0 Å². The van der Waals surface area contributed by atoms with Crippen LogP contribution in [0.5, 0.6) is 5.75 Å². The van der Waals surface area contributed by atoms with Gasteiger partial charge < -0.3 is 9.64 Å². The highest BCUT2D eigenvalue weighted by molar-refractivity contribution is 6.30. The number of hydrogen-bond acceptors (Lipinski definition) is 5. The number of benzene rings is 2. The molecule has 1 atom stereocenters. The SMILES string of the molecule is COc1cccc([C@H]2CCCN2c2nncc(-c3cccc(Cl)c3)n2)c1. The van der Waals surface area contributed by atoms with Crippen molar-refractivity contribution in [3.8, 4) is 17.0 Å². The number of rotatable bonds is 4. The number of anilines is 1. The number of methoxy groups -OCH3 is 1. The lowest BCUT2D eigenvalue weighted by Crippen LogP contribution is -2.25. The van der Waals surface area contributed by atoms with Gasteiger partial charge in [-0.1, -0.05) is 35.9 Å². The standard InChI is InChI=1S/C20H19ClN4O/c1-26-17-8-3-6-15(12-17)19-9-4-10-25(19)20-23-18(13-22-24-20)14-5-2-7-16(21)11-14/h2-3,5-8,11-13,19H,4,9-10H2,1H3/t19-/m1/s1. The number of halogens is 1. The first kappa shape index (κ1) is 16.8. The van der Waals surface area contributed by atoms with Gasteiger partial charge in [0.25, 0.3) is 0 Å². The summed E-state index contributed by atoms with van der Waals surface area (Å²) in [4.78, 5) is 6.96. The van der Waals surface area contributed by atoms with Gasteiger partial charge in [0.05, 0.1) is 25.0 Å². The molecule has 5 nitrogen and oxygen atoms in total. The van der Waals surface area contributed by atoms with E-state index >= 15 is 0 Å². The molecule has 0 amide bonds. The van der Waals surface area contributed by atoms with Crippen molar-refractivity contribution in [3.63, 3.8) is 0 Å². The zero-order valence-corrected chi connectivity index (χ0v) is 15.2. The van der Waals surface area contributed by atoms with Crippen molar-refractivity contribution < 1.29 is 4.74 Å². The number of ether oxygens (including phenoxy) is 1. The van der Waals surface area contributed by atoms with E-state index in [1.807, 2.05) is 36.4 Å². The highest BCUT2D eigenvalue weighted by Gasteiger charge is 2.28. The number of nitrogens with zero attached hydrogens (tertiary/aromatic N) is 4. The molecule has 132 valence electrons. The summed E-state index contributed by atoms with van der Waals surface area (Å²) in [6.07, 6.45) is 3.82. The topological polar surface area (TPSA) is 51.1 Å². The van der Waals surface area contributed by atoms with Gasteiger partial charge in [0.1, 0.15) is 5.75 Å². The van der Waals surface area contributed by atoms with Crippen LogP contribution in [-0.4, -0.2) is 28.8 Å². The van der Waals surface area contributed by atoms with Gasteiger partial charge in [0.15, 0.2) is 0 Å². The molecule has 26 heavy (non-hydrogen) atoms. The van der Waals surface area contributed by atoms with Gasteiger partial charge in [0, 0.05) is 17.1 Å². The second kappa shape index (κ2) is 7.30. The van der Waals surface area contributed by atoms with E-state index in [1.54, 1.807) is 13.3 Å². The van der Waals surface area contributed by atoms with Gasteiger partial charge in [-0.2, -0.15) is 5.10 Å². The predicted molar refractivity (Wildman–Crippen MR) is 103 cm³/mol. The fourth-order valence-corrected chi connectivity index (χ4v) is 3.59. The lowest BCUT2D eigenvalue weighted by molar-refractivity contribution is 0.413. The van der Waals surface area contributed by atoms with Gasteiger partial charge >= 0.3 is 0 Å². The van der Waals surface area contributed by atoms with E-state index in [0.29, 0.717) is 11.0 Å². The summed E-state index contributed by atoms with van der Waals surface area (Å²) < 4.78 is 5.37. The van der Waals surface area contributed by atoms with Crippen molar-refractivity contribution in [2.45, 2.75) is 18.9 Å². The Hall–Kier alpha value is -2.66. The summed E-state index contributed by atoms with van der Waals surface area (Å²) in [7, 11) is 1.69. The molecule has 0 unspecified atom stereocenters. The molecule has 6 heteroatoms. The van der Waals surface area contributed by atoms with Crippen LogP contribution in [0.3, 0.4) is 0 Å². The first-order chi connectivity index (χ1) is 12.7. The third-order valence-electron chi connectivity index (χ3n) is 4.66. The molecule has 1 aliphatic rings. The summed E-state index contributed by atoms with van der Waals surface area (Å²) in [5.41, 5.74) is 2.91. The second-order valence-corrected chi connectivity index (χ2v) is 6.72. The zero-order valence-electron chi connectivity index (χ0n) is 14.5. The molecular formula is C20H19ClN4O. The smallest absolute Gasteiger partial charge is 0.246 e. The summed E-state index contributed by atoms with van der Waals surface area (Å²) in [6, 6.07) is 16.0. The van der Waals surface area contributed by atoms with Gasteiger partial charge in [0.2, 0.25) is 5.95 Å². The molecule has 2 heterocycles. The Morgan fingerprint density at radius 3 is 2.88 bits per heavy atom. The molecule has 0 spiro atoms.